The van der Waals surface area contributed by atoms with Gasteiger partial charge in [0.05, 0.1) is 27.7 Å². The molecule has 1 aliphatic heterocycles. The van der Waals surface area contributed by atoms with E-state index in [2.05, 4.69) is 45.2 Å². The van der Waals surface area contributed by atoms with E-state index in [4.69, 9.17) is 9.47 Å². The van der Waals surface area contributed by atoms with E-state index in [-0.39, 0.29) is 5.91 Å². The van der Waals surface area contributed by atoms with E-state index in [9.17, 15) is 9.59 Å². The number of rotatable bonds is 6. The van der Waals surface area contributed by atoms with Crippen LogP contribution in [0.2, 0.25) is 0 Å². The Labute approximate surface area is 233 Å². The molecule has 1 aliphatic rings. The molecule has 38 heavy (non-hydrogen) atoms. The SMILES string of the molecule is COC(=O)c1ccc(N=C2SC(=Cc3ccc(OCc4cccc5ccccc45)c(Br)c3)C(=O)N2C)cc1. The number of carbonyl (C=O) groups excluding carboxylic acids is 2. The molecule has 0 saturated carbocycles. The molecule has 0 radical (unpaired) electrons. The van der Waals surface area contributed by atoms with Crippen LogP contribution in [0.15, 0.2) is 99.3 Å². The first kappa shape index (κ1) is 25.8. The third-order valence-electron chi connectivity index (χ3n) is 6.03. The number of halogens is 1. The van der Waals surface area contributed by atoms with Crippen molar-refractivity contribution in [3.8, 4) is 5.75 Å². The summed E-state index contributed by atoms with van der Waals surface area (Å²) in [6.07, 6.45) is 1.84. The molecular formula is C30H23BrN2O4S. The Morgan fingerprint density at radius 1 is 1.03 bits per heavy atom. The lowest BCUT2D eigenvalue weighted by atomic mass is 10.1. The van der Waals surface area contributed by atoms with E-state index in [0.29, 0.717) is 27.9 Å². The van der Waals surface area contributed by atoms with Crippen molar-refractivity contribution < 1.29 is 19.1 Å². The fourth-order valence-electron chi connectivity index (χ4n) is 4.00. The Hall–Kier alpha value is -3.88. The number of nitrogens with zero attached hydrogens (tertiary/aromatic N) is 2. The molecule has 8 heteroatoms. The number of ether oxygens (including phenoxy) is 2. The fraction of sp³-hybridized carbons (Fsp3) is 0.100. The van der Waals surface area contributed by atoms with Crippen molar-refractivity contribution in [2.24, 2.45) is 4.99 Å². The minimum atomic E-state index is -0.409. The fourth-order valence-corrected chi connectivity index (χ4v) is 5.50. The highest BCUT2D eigenvalue weighted by Gasteiger charge is 2.30. The van der Waals surface area contributed by atoms with E-state index in [0.717, 1.165) is 21.3 Å². The van der Waals surface area contributed by atoms with Gasteiger partial charge in [0.15, 0.2) is 5.17 Å². The van der Waals surface area contributed by atoms with Gasteiger partial charge >= 0.3 is 5.97 Å². The maximum absolute atomic E-state index is 12.9. The molecule has 0 N–H and O–H groups in total. The van der Waals surface area contributed by atoms with Crippen LogP contribution in [0.1, 0.15) is 21.5 Å². The summed E-state index contributed by atoms with van der Waals surface area (Å²) in [6, 6.07) is 26.9. The number of esters is 1. The summed E-state index contributed by atoms with van der Waals surface area (Å²) in [5.41, 5.74) is 3.05. The van der Waals surface area contributed by atoms with Crippen molar-refractivity contribution >= 4 is 67.3 Å². The average molecular weight is 587 g/mol. The number of likely N-dealkylation sites (N-methyl/N-ethyl adjacent to an activating group) is 1. The minimum absolute atomic E-state index is 0.132. The normalized spacial score (nSPS) is 15.4. The topological polar surface area (TPSA) is 68.2 Å². The third kappa shape index (κ3) is 5.51. The first-order chi connectivity index (χ1) is 18.4. The summed E-state index contributed by atoms with van der Waals surface area (Å²) < 4.78 is 11.6. The van der Waals surface area contributed by atoms with Crippen molar-refractivity contribution in [1.82, 2.24) is 4.90 Å². The second kappa shape index (κ2) is 11.2. The number of hydrogen-bond donors (Lipinski definition) is 0. The molecule has 0 aromatic heterocycles. The average Bonchev–Trinajstić information content (AvgIpc) is 3.20. The van der Waals surface area contributed by atoms with Gasteiger partial charge in [0.25, 0.3) is 5.91 Å². The number of methoxy groups -OCH3 is 1. The molecule has 6 nitrogen and oxygen atoms in total. The van der Waals surface area contributed by atoms with E-state index >= 15 is 0 Å². The van der Waals surface area contributed by atoms with Gasteiger partial charge in [-0.1, -0.05) is 48.5 Å². The van der Waals surface area contributed by atoms with Gasteiger partial charge < -0.3 is 9.47 Å². The Morgan fingerprint density at radius 3 is 2.55 bits per heavy atom. The van der Waals surface area contributed by atoms with E-state index in [1.54, 1.807) is 31.3 Å². The number of benzene rings is 4. The second-order valence-electron chi connectivity index (χ2n) is 8.52. The van der Waals surface area contributed by atoms with E-state index in [1.165, 1.54) is 34.5 Å². The Kier molecular flexibility index (Phi) is 7.62. The first-order valence-electron chi connectivity index (χ1n) is 11.8. The molecule has 1 amide bonds. The van der Waals surface area contributed by atoms with Crippen LogP contribution in [-0.2, 0) is 16.1 Å². The molecular weight excluding hydrogens is 564 g/mol. The van der Waals surface area contributed by atoms with Gasteiger partial charge in [-0.25, -0.2) is 9.79 Å². The number of thioether (sulfide) groups is 1. The molecule has 4 aromatic carbocycles. The third-order valence-corrected chi connectivity index (χ3v) is 7.71. The lowest BCUT2D eigenvalue weighted by Gasteiger charge is -2.11. The molecule has 1 heterocycles. The van der Waals surface area contributed by atoms with Crippen molar-refractivity contribution in [1.29, 1.82) is 0 Å². The van der Waals surface area contributed by atoms with Gasteiger partial charge in [-0.15, -0.1) is 0 Å². The molecule has 5 rings (SSSR count). The predicted molar refractivity (Wildman–Crippen MR) is 156 cm³/mol. The molecule has 0 aliphatic carbocycles. The first-order valence-corrected chi connectivity index (χ1v) is 13.4. The minimum Gasteiger partial charge on any atom is -0.488 e. The molecule has 1 saturated heterocycles. The quantitative estimate of drug-likeness (QED) is 0.176. The van der Waals surface area contributed by atoms with Gasteiger partial charge in [0.2, 0.25) is 0 Å². The Bertz CT molecular complexity index is 1590. The van der Waals surface area contributed by atoms with Gasteiger partial charge in [-0.05, 0) is 92.1 Å². The van der Waals surface area contributed by atoms with Crippen molar-refractivity contribution in [2.75, 3.05) is 14.2 Å². The summed E-state index contributed by atoms with van der Waals surface area (Å²) in [4.78, 5) is 31.2. The number of aliphatic imine (C=N–C) groups is 1. The summed E-state index contributed by atoms with van der Waals surface area (Å²) >= 11 is 4.91. The van der Waals surface area contributed by atoms with Crippen molar-refractivity contribution in [3.05, 3.63) is 111 Å². The van der Waals surface area contributed by atoms with Crippen LogP contribution in [-0.4, -0.2) is 36.1 Å². The Morgan fingerprint density at radius 2 is 1.79 bits per heavy atom. The van der Waals surface area contributed by atoms with Crippen LogP contribution in [0.25, 0.3) is 16.8 Å². The number of amides is 1. The van der Waals surface area contributed by atoms with Gasteiger partial charge in [0.1, 0.15) is 12.4 Å². The largest absolute Gasteiger partial charge is 0.488 e. The van der Waals surface area contributed by atoms with Crippen molar-refractivity contribution in [3.63, 3.8) is 0 Å². The summed E-state index contributed by atoms with van der Waals surface area (Å²) in [5.74, 6) is 0.181. The van der Waals surface area contributed by atoms with Crippen LogP contribution >= 0.6 is 27.7 Å². The number of carbonyl (C=O) groups is 2. The second-order valence-corrected chi connectivity index (χ2v) is 10.4. The maximum Gasteiger partial charge on any atom is 0.337 e. The highest BCUT2D eigenvalue weighted by atomic mass is 79.9. The zero-order valence-electron chi connectivity index (χ0n) is 20.7. The zero-order chi connectivity index (χ0) is 26.6. The molecule has 0 bridgehead atoms. The monoisotopic (exact) mass is 586 g/mol. The molecule has 0 atom stereocenters. The lowest BCUT2D eigenvalue weighted by Crippen LogP contribution is -2.23. The lowest BCUT2D eigenvalue weighted by molar-refractivity contribution is -0.121. The van der Waals surface area contributed by atoms with Gasteiger partial charge in [0, 0.05) is 7.05 Å². The molecule has 190 valence electrons. The number of amidine groups is 1. The highest BCUT2D eigenvalue weighted by Crippen LogP contribution is 2.35. The highest BCUT2D eigenvalue weighted by molar-refractivity contribution is 9.10. The molecule has 0 spiro atoms. The van der Waals surface area contributed by atoms with Crippen LogP contribution in [0, 0.1) is 0 Å². The maximum atomic E-state index is 12.9. The molecule has 1 fully saturated rings. The number of hydrogen-bond acceptors (Lipinski definition) is 6. The smallest absolute Gasteiger partial charge is 0.337 e. The van der Waals surface area contributed by atoms with Gasteiger partial charge in [-0.2, -0.15) is 0 Å². The van der Waals surface area contributed by atoms with Crippen LogP contribution in [0.4, 0.5) is 5.69 Å². The summed E-state index contributed by atoms with van der Waals surface area (Å²) in [6.45, 7) is 0.444. The van der Waals surface area contributed by atoms with Crippen molar-refractivity contribution in [2.45, 2.75) is 6.61 Å². The summed E-state index contributed by atoms with van der Waals surface area (Å²) in [7, 11) is 3.03. The van der Waals surface area contributed by atoms with Gasteiger partial charge in [-0.3, -0.25) is 9.69 Å². The summed E-state index contributed by atoms with van der Waals surface area (Å²) in [5, 5.41) is 2.91. The Balaban J connectivity index is 1.30. The standard InChI is InChI=1S/C30H23BrN2O4S/c1-33-28(34)27(38-30(33)32-23-13-11-21(12-14-23)29(35)36-2)17-19-10-15-26(25(31)16-19)37-18-22-8-5-7-20-6-3-4-9-24(20)22/h3-17H,18H2,1-2H3. The van der Waals surface area contributed by atoms with Crippen LogP contribution in [0.3, 0.4) is 0 Å². The molecule has 4 aromatic rings. The van der Waals surface area contributed by atoms with Crippen LogP contribution < -0.4 is 4.74 Å². The number of fused-ring (bicyclic) bond motifs is 1. The van der Waals surface area contributed by atoms with Crippen LogP contribution in [0.5, 0.6) is 5.75 Å². The van der Waals surface area contributed by atoms with E-state index in [1.807, 2.05) is 42.5 Å². The molecule has 0 unspecified atom stereocenters. The zero-order valence-corrected chi connectivity index (χ0v) is 23.1. The van der Waals surface area contributed by atoms with E-state index < -0.39 is 5.97 Å². The predicted octanol–water partition coefficient (Wildman–Crippen LogP) is 7.20.